The quantitative estimate of drug-likeness (QED) is 0.641. The molecule has 0 saturated carbocycles. The fraction of sp³-hybridized carbons (Fsp3) is 0.143. The van der Waals surface area contributed by atoms with Crippen molar-refractivity contribution < 1.29 is 23.9 Å². The number of aliphatic imine (C=N–C) groups is 1. The van der Waals surface area contributed by atoms with Gasteiger partial charge in [0.2, 0.25) is 5.91 Å². The number of carbonyl (C=O) groups excluding carboxylic acids is 3. The van der Waals surface area contributed by atoms with E-state index in [1.165, 1.54) is 14.0 Å². The summed E-state index contributed by atoms with van der Waals surface area (Å²) in [7, 11) is 1.44. The van der Waals surface area contributed by atoms with Gasteiger partial charge in [0.1, 0.15) is 0 Å². The number of thioether (sulfide) groups is 1. The molecule has 1 aliphatic heterocycles. The van der Waals surface area contributed by atoms with E-state index in [1.54, 1.807) is 42.5 Å². The predicted octanol–water partition coefficient (Wildman–Crippen LogP) is 3.47. The van der Waals surface area contributed by atoms with Crippen LogP contribution in [-0.4, -0.2) is 36.6 Å². The number of nitrogens with zero attached hydrogens (tertiary/aromatic N) is 1. The molecule has 0 unspecified atom stereocenters. The van der Waals surface area contributed by atoms with Crippen molar-refractivity contribution in [2.75, 3.05) is 19.0 Å². The third-order valence-electron chi connectivity index (χ3n) is 3.86. The Labute approximate surface area is 187 Å². The first-order chi connectivity index (χ1) is 14.9. The van der Waals surface area contributed by atoms with Crippen LogP contribution in [0.4, 0.5) is 5.69 Å². The SMILES string of the molecule is COc1cc(C=C2SC(NC(C)=O)=NC2=O)cc(Cl)c1OCC(=O)Nc1ccccc1. The number of ether oxygens (including phenoxy) is 2. The van der Waals surface area contributed by atoms with Crippen LogP contribution >= 0.6 is 23.4 Å². The molecule has 0 aliphatic carbocycles. The third-order valence-corrected chi connectivity index (χ3v) is 5.04. The van der Waals surface area contributed by atoms with Gasteiger partial charge in [0.25, 0.3) is 11.8 Å². The maximum Gasteiger partial charge on any atom is 0.286 e. The van der Waals surface area contributed by atoms with Crippen LogP contribution in [0, 0.1) is 0 Å². The van der Waals surface area contributed by atoms with Gasteiger partial charge in [-0.05, 0) is 47.7 Å². The second-order valence-corrected chi connectivity index (χ2v) is 7.69. The van der Waals surface area contributed by atoms with Gasteiger partial charge in [-0.2, -0.15) is 4.99 Å². The topological polar surface area (TPSA) is 106 Å². The lowest BCUT2D eigenvalue weighted by molar-refractivity contribution is -0.118. The van der Waals surface area contributed by atoms with E-state index in [2.05, 4.69) is 15.6 Å². The highest BCUT2D eigenvalue weighted by Crippen LogP contribution is 2.38. The minimum absolute atomic E-state index is 0.204. The van der Waals surface area contributed by atoms with Crippen molar-refractivity contribution in [3.8, 4) is 11.5 Å². The van der Waals surface area contributed by atoms with Gasteiger partial charge >= 0.3 is 0 Å². The Morgan fingerprint density at radius 3 is 2.61 bits per heavy atom. The molecule has 3 amide bonds. The van der Waals surface area contributed by atoms with E-state index in [1.807, 2.05) is 6.07 Å². The number of methoxy groups -OCH3 is 1. The molecule has 1 heterocycles. The first-order valence-electron chi connectivity index (χ1n) is 9.01. The average molecular weight is 460 g/mol. The number of benzene rings is 2. The maximum atomic E-state index is 12.1. The van der Waals surface area contributed by atoms with Crippen molar-refractivity contribution in [1.82, 2.24) is 5.32 Å². The van der Waals surface area contributed by atoms with E-state index in [4.69, 9.17) is 21.1 Å². The Morgan fingerprint density at radius 1 is 1.19 bits per heavy atom. The summed E-state index contributed by atoms with van der Waals surface area (Å²) in [6.07, 6.45) is 1.58. The zero-order valence-corrected chi connectivity index (χ0v) is 18.2. The Morgan fingerprint density at radius 2 is 1.94 bits per heavy atom. The Hall–Kier alpha value is -3.30. The molecule has 0 saturated heterocycles. The average Bonchev–Trinajstić information content (AvgIpc) is 3.05. The number of para-hydroxylation sites is 1. The summed E-state index contributed by atoms with van der Waals surface area (Å²) < 4.78 is 10.9. The summed E-state index contributed by atoms with van der Waals surface area (Å²) in [4.78, 5) is 39.4. The number of amides is 3. The van der Waals surface area contributed by atoms with Crippen LogP contribution in [0.25, 0.3) is 6.08 Å². The van der Waals surface area contributed by atoms with Gasteiger partial charge in [-0.3, -0.25) is 14.4 Å². The molecular formula is C21H18ClN3O5S. The lowest BCUT2D eigenvalue weighted by Gasteiger charge is -2.13. The van der Waals surface area contributed by atoms with E-state index < -0.39 is 5.91 Å². The van der Waals surface area contributed by atoms with Gasteiger partial charge in [-0.25, -0.2) is 0 Å². The van der Waals surface area contributed by atoms with Crippen LogP contribution in [-0.2, 0) is 14.4 Å². The molecule has 0 spiro atoms. The molecule has 0 radical (unpaired) electrons. The molecule has 10 heteroatoms. The lowest BCUT2D eigenvalue weighted by atomic mass is 10.2. The molecule has 2 N–H and O–H groups in total. The Balaban J connectivity index is 1.71. The molecule has 0 aromatic heterocycles. The van der Waals surface area contributed by atoms with Crippen molar-refractivity contribution in [2.45, 2.75) is 6.92 Å². The molecule has 1 aliphatic rings. The van der Waals surface area contributed by atoms with E-state index in [-0.39, 0.29) is 34.4 Å². The number of amidine groups is 1. The van der Waals surface area contributed by atoms with E-state index in [9.17, 15) is 14.4 Å². The second-order valence-electron chi connectivity index (χ2n) is 6.25. The third kappa shape index (κ3) is 6.09. The highest BCUT2D eigenvalue weighted by molar-refractivity contribution is 8.18. The van der Waals surface area contributed by atoms with Gasteiger partial charge in [-0.15, -0.1) is 0 Å². The monoisotopic (exact) mass is 459 g/mol. The molecule has 31 heavy (non-hydrogen) atoms. The fourth-order valence-corrected chi connectivity index (χ4v) is 3.72. The maximum absolute atomic E-state index is 12.1. The normalized spacial score (nSPS) is 14.2. The summed E-state index contributed by atoms with van der Waals surface area (Å²) in [6, 6.07) is 12.2. The summed E-state index contributed by atoms with van der Waals surface area (Å²) in [5, 5.41) is 5.61. The van der Waals surface area contributed by atoms with E-state index in [0.717, 1.165) is 11.8 Å². The van der Waals surface area contributed by atoms with Crippen molar-refractivity contribution in [2.24, 2.45) is 4.99 Å². The highest BCUT2D eigenvalue weighted by Gasteiger charge is 2.23. The molecule has 2 aromatic rings. The van der Waals surface area contributed by atoms with Crippen LogP contribution in [0.2, 0.25) is 5.02 Å². The number of rotatable bonds is 6. The van der Waals surface area contributed by atoms with Crippen molar-refractivity contribution >= 4 is 58.0 Å². The smallest absolute Gasteiger partial charge is 0.286 e. The molecule has 160 valence electrons. The predicted molar refractivity (Wildman–Crippen MR) is 120 cm³/mol. The lowest BCUT2D eigenvalue weighted by Crippen LogP contribution is -2.23. The molecular weight excluding hydrogens is 442 g/mol. The van der Waals surface area contributed by atoms with Crippen molar-refractivity contribution in [3.63, 3.8) is 0 Å². The fourth-order valence-electron chi connectivity index (χ4n) is 2.58. The molecule has 2 aromatic carbocycles. The van der Waals surface area contributed by atoms with Crippen molar-refractivity contribution in [3.05, 3.63) is 58.0 Å². The minimum atomic E-state index is -0.471. The van der Waals surface area contributed by atoms with E-state index in [0.29, 0.717) is 21.9 Å². The number of nitrogens with one attached hydrogen (secondary N) is 2. The van der Waals surface area contributed by atoms with Gasteiger partial charge in [0.15, 0.2) is 23.3 Å². The Kier molecular flexibility index (Phi) is 7.32. The molecule has 8 nitrogen and oxygen atoms in total. The van der Waals surface area contributed by atoms with Crippen LogP contribution < -0.4 is 20.1 Å². The zero-order chi connectivity index (χ0) is 22.4. The standard InChI is InChI=1S/C21H18ClN3O5S/c1-12(26)23-21-25-20(28)17(31-21)10-13-8-15(22)19(16(9-13)29-2)30-11-18(27)24-14-6-4-3-5-7-14/h3-10H,11H2,1-2H3,(H,24,27)(H,23,25,26,28). The summed E-state index contributed by atoms with van der Waals surface area (Å²) in [5.74, 6) is -0.642. The summed E-state index contributed by atoms with van der Waals surface area (Å²) in [5.41, 5.74) is 1.22. The van der Waals surface area contributed by atoms with Crippen LogP contribution in [0.3, 0.4) is 0 Å². The molecule has 0 atom stereocenters. The summed E-state index contributed by atoms with van der Waals surface area (Å²) >= 11 is 7.38. The number of halogens is 1. The zero-order valence-electron chi connectivity index (χ0n) is 16.6. The second kappa shape index (κ2) is 10.1. The number of anilines is 1. The largest absolute Gasteiger partial charge is 0.493 e. The first kappa shape index (κ1) is 22.4. The van der Waals surface area contributed by atoms with Crippen LogP contribution in [0.1, 0.15) is 12.5 Å². The number of carbonyl (C=O) groups is 3. The van der Waals surface area contributed by atoms with Gasteiger partial charge in [0, 0.05) is 12.6 Å². The number of hydrogen-bond acceptors (Lipinski definition) is 6. The number of hydrogen-bond donors (Lipinski definition) is 2. The van der Waals surface area contributed by atoms with Crippen LogP contribution in [0.5, 0.6) is 11.5 Å². The molecule has 0 bridgehead atoms. The van der Waals surface area contributed by atoms with Crippen molar-refractivity contribution in [1.29, 1.82) is 0 Å². The van der Waals surface area contributed by atoms with Gasteiger partial charge < -0.3 is 20.1 Å². The first-order valence-corrected chi connectivity index (χ1v) is 10.2. The van der Waals surface area contributed by atoms with Crippen LogP contribution in [0.15, 0.2) is 52.4 Å². The molecule has 3 rings (SSSR count). The summed E-state index contributed by atoms with van der Waals surface area (Å²) in [6.45, 7) is 1.06. The Bertz CT molecular complexity index is 1090. The van der Waals surface area contributed by atoms with Gasteiger partial charge in [-0.1, -0.05) is 29.8 Å². The molecule has 0 fully saturated rings. The van der Waals surface area contributed by atoms with E-state index >= 15 is 0 Å². The highest BCUT2D eigenvalue weighted by atomic mass is 35.5. The van der Waals surface area contributed by atoms with Gasteiger partial charge in [0.05, 0.1) is 17.0 Å². The minimum Gasteiger partial charge on any atom is -0.493 e.